The standard InChI is InChI=1S/C8H9FN2OS2/c9-6-1-2-8(10-3-6)12-7-4-11(5-7)14-13/h1-3,7,13H,4-5H2. The number of ether oxygens (including phenoxy) is 1. The fraction of sp³-hybridized carbons (Fsp3) is 0.375. The van der Waals surface area contributed by atoms with Gasteiger partial charge in [-0.15, -0.1) is 0 Å². The van der Waals surface area contributed by atoms with Gasteiger partial charge in [0.25, 0.3) is 0 Å². The van der Waals surface area contributed by atoms with Crippen LogP contribution in [0.5, 0.6) is 5.88 Å². The van der Waals surface area contributed by atoms with Gasteiger partial charge in [-0.2, -0.15) is 0 Å². The van der Waals surface area contributed by atoms with Gasteiger partial charge < -0.3 is 4.74 Å². The Balaban J connectivity index is 1.84. The first-order chi connectivity index (χ1) is 6.78. The second-order valence-electron chi connectivity index (χ2n) is 2.98. The summed E-state index contributed by atoms with van der Waals surface area (Å²) in [7, 11) is 1.40. The smallest absolute Gasteiger partial charge is 0.213 e. The van der Waals surface area contributed by atoms with Crippen molar-refractivity contribution < 1.29 is 9.13 Å². The van der Waals surface area contributed by atoms with Gasteiger partial charge in [0.05, 0.1) is 6.20 Å². The van der Waals surface area contributed by atoms with Crippen LogP contribution in [0, 0.1) is 5.82 Å². The molecule has 14 heavy (non-hydrogen) atoms. The van der Waals surface area contributed by atoms with Crippen molar-refractivity contribution in [3.8, 4) is 5.88 Å². The first kappa shape index (κ1) is 10.1. The van der Waals surface area contributed by atoms with Gasteiger partial charge >= 0.3 is 0 Å². The minimum atomic E-state index is -0.349. The van der Waals surface area contributed by atoms with Crippen molar-refractivity contribution in [2.24, 2.45) is 0 Å². The fourth-order valence-electron chi connectivity index (χ4n) is 1.14. The third-order valence-electron chi connectivity index (χ3n) is 1.92. The molecule has 0 atom stereocenters. The number of nitrogens with zero attached hydrogens (tertiary/aromatic N) is 2. The van der Waals surface area contributed by atoms with E-state index in [1.807, 2.05) is 0 Å². The average Bonchev–Trinajstić information content (AvgIpc) is 2.13. The van der Waals surface area contributed by atoms with Gasteiger partial charge in [0.15, 0.2) is 0 Å². The van der Waals surface area contributed by atoms with Crippen LogP contribution in [0.15, 0.2) is 18.3 Å². The highest BCUT2D eigenvalue weighted by atomic mass is 33.1. The van der Waals surface area contributed by atoms with E-state index in [0.717, 1.165) is 19.3 Å². The summed E-state index contributed by atoms with van der Waals surface area (Å²) in [5.74, 6) is 0.124. The highest BCUT2D eigenvalue weighted by molar-refractivity contribution is 8.67. The van der Waals surface area contributed by atoms with Crippen molar-refractivity contribution in [3.63, 3.8) is 0 Å². The van der Waals surface area contributed by atoms with Crippen LogP contribution in [0.4, 0.5) is 4.39 Å². The summed E-state index contributed by atoms with van der Waals surface area (Å²) in [5, 5.41) is 0. The molecule has 0 bridgehead atoms. The lowest BCUT2D eigenvalue weighted by molar-refractivity contribution is 0.0802. The van der Waals surface area contributed by atoms with Gasteiger partial charge in [0, 0.05) is 19.2 Å². The van der Waals surface area contributed by atoms with Crippen molar-refractivity contribution in [2.45, 2.75) is 6.10 Å². The maximum absolute atomic E-state index is 12.5. The van der Waals surface area contributed by atoms with E-state index in [2.05, 4.69) is 20.9 Å². The van der Waals surface area contributed by atoms with Crippen LogP contribution in [0.1, 0.15) is 0 Å². The zero-order valence-electron chi connectivity index (χ0n) is 7.26. The van der Waals surface area contributed by atoms with E-state index in [1.165, 1.54) is 23.1 Å². The van der Waals surface area contributed by atoms with Crippen molar-refractivity contribution >= 4 is 22.6 Å². The Morgan fingerprint density at radius 3 is 2.93 bits per heavy atom. The van der Waals surface area contributed by atoms with E-state index in [4.69, 9.17) is 4.74 Å². The summed E-state index contributed by atoms with van der Waals surface area (Å²) in [6.07, 6.45) is 1.30. The normalized spacial score (nSPS) is 17.9. The second-order valence-corrected chi connectivity index (χ2v) is 4.15. The average molecular weight is 232 g/mol. The number of pyridine rings is 1. The highest BCUT2D eigenvalue weighted by Crippen LogP contribution is 2.24. The maximum Gasteiger partial charge on any atom is 0.213 e. The van der Waals surface area contributed by atoms with E-state index in [1.54, 1.807) is 0 Å². The number of hydrogen-bond acceptors (Lipinski definition) is 5. The molecule has 3 nitrogen and oxygen atoms in total. The summed E-state index contributed by atoms with van der Waals surface area (Å²) in [6, 6.07) is 2.87. The molecule has 76 valence electrons. The molecule has 0 unspecified atom stereocenters. The third kappa shape index (κ3) is 2.31. The molecule has 0 aromatic carbocycles. The Hall–Kier alpha value is -0.460. The van der Waals surface area contributed by atoms with Crippen LogP contribution >= 0.6 is 22.6 Å². The Bertz CT molecular complexity index is 303. The molecule has 0 amide bonds. The Labute approximate surface area is 90.6 Å². The van der Waals surface area contributed by atoms with E-state index >= 15 is 0 Å². The number of rotatable bonds is 3. The molecule has 1 aromatic rings. The Morgan fingerprint density at radius 1 is 1.57 bits per heavy atom. The molecule has 0 radical (unpaired) electrons. The van der Waals surface area contributed by atoms with Crippen molar-refractivity contribution in [2.75, 3.05) is 13.1 Å². The number of thiol groups is 1. The molecule has 1 fully saturated rings. The van der Waals surface area contributed by atoms with E-state index < -0.39 is 0 Å². The third-order valence-corrected chi connectivity index (χ3v) is 3.14. The first-order valence-electron chi connectivity index (χ1n) is 4.12. The largest absolute Gasteiger partial charge is 0.472 e. The zero-order chi connectivity index (χ0) is 9.97. The zero-order valence-corrected chi connectivity index (χ0v) is 8.97. The lowest BCUT2D eigenvalue weighted by Crippen LogP contribution is -2.49. The van der Waals surface area contributed by atoms with Gasteiger partial charge in [-0.05, 0) is 17.0 Å². The predicted octanol–water partition coefficient (Wildman–Crippen LogP) is 1.78. The molecule has 0 saturated carbocycles. The van der Waals surface area contributed by atoms with Crippen LogP contribution in [0.3, 0.4) is 0 Å². The second kappa shape index (κ2) is 4.37. The first-order valence-corrected chi connectivity index (χ1v) is 5.95. The lowest BCUT2D eigenvalue weighted by Gasteiger charge is -2.35. The highest BCUT2D eigenvalue weighted by Gasteiger charge is 2.28. The predicted molar refractivity (Wildman–Crippen MR) is 56.8 cm³/mol. The summed E-state index contributed by atoms with van der Waals surface area (Å²) in [6.45, 7) is 1.65. The molecule has 2 rings (SSSR count). The Kier molecular flexibility index (Phi) is 3.15. The molecule has 1 aromatic heterocycles. The summed E-state index contributed by atoms with van der Waals surface area (Å²) in [4.78, 5) is 3.81. The van der Waals surface area contributed by atoms with Gasteiger partial charge in [-0.25, -0.2) is 13.7 Å². The number of halogens is 1. The van der Waals surface area contributed by atoms with Crippen molar-refractivity contribution in [3.05, 3.63) is 24.1 Å². The van der Waals surface area contributed by atoms with Gasteiger partial charge in [0.2, 0.25) is 5.88 Å². The van der Waals surface area contributed by atoms with Crippen LogP contribution < -0.4 is 4.74 Å². The molecular formula is C8H9FN2OS2. The fourth-order valence-corrected chi connectivity index (χ4v) is 2.01. The topological polar surface area (TPSA) is 25.4 Å². The van der Waals surface area contributed by atoms with Gasteiger partial charge in [0.1, 0.15) is 11.9 Å². The van der Waals surface area contributed by atoms with Gasteiger partial charge in [-0.3, -0.25) is 0 Å². The quantitative estimate of drug-likeness (QED) is 0.488. The molecule has 0 spiro atoms. The van der Waals surface area contributed by atoms with E-state index in [9.17, 15) is 4.39 Å². The Morgan fingerprint density at radius 2 is 2.36 bits per heavy atom. The van der Waals surface area contributed by atoms with E-state index in [-0.39, 0.29) is 11.9 Å². The minimum absolute atomic E-state index is 0.146. The molecule has 0 N–H and O–H groups in total. The van der Waals surface area contributed by atoms with Crippen LogP contribution in [0.2, 0.25) is 0 Å². The summed E-state index contributed by atoms with van der Waals surface area (Å²) >= 11 is 4.05. The molecule has 2 heterocycles. The van der Waals surface area contributed by atoms with Crippen molar-refractivity contribution in [1.29, 1.82) is 0 Å². The molecule has 1 saturated heterocycles. The van der Waals surface area contributed by atoms with E-state index in [0.29, 0.717) is 5.88 Å². The lowest BCUT2D eigenvalue weighted by atomic mass is 10.2. The molecule has 6 heteroatoms. The van der Waals surface area contributed by atoms with Crippen molar-refractivity contribution in [1.82, 2.24) is 9.29 Å². The molecule has 1 aliphatic heterocycles. The summed E-state index contributed by atoms with van der Waals surface area (Å²) < 4.78 is 20.0. The van der Waals surface area contributed by atoms with Crippen LogP contribution in [-0.2, 0) is 0 Å². The van der Waals surface area contributed by atoms with Crippen LogP contribution in [0.25, 0.3) is 0 Å². The van der Waals surface area contributed by atoms with Crippen LogP contribution in [-0.4, -0.2) is 28.5 Å². The molecular weight excluding hydrogens is 223 g/mol. The SMILES string of the molecule is Fc1ccc(OC2CN(SS)C2)nc1. The monoisotopic (exact) mass is 232 g/mol. The maximum atomic E-state index is 12.5. The minimum Gasteiger partial charge on any atom is -0.472 e. The number of hydrogen-bond donors (Lipinski definition) is 1. The van der Waals surface area contributed by atoms with Gasteiger partial charge in [-0.1, -0.05) is 11.7 Å². The molecule has 0 aliphatic carbocycles. The summed E-state index contributed by atoms with van der Waals surface area (Å²) in [5.41, 5.74) is 0. The molecule has 1 aliphatic rings. The number of aromatic nitrogens is 1.